The highest BCUT2D eigenvalue weighted by atomic mass is 19.1. The van der Waals surface area contributed by atoms with Crippen LogP contribution < -0.4 is 10.6 Å². The Morgan fingerprint density at radius 3 is 2.71 bits per heavy atom. The molecule has 2 N–H and O–H groups in total. The molecule has 1 aromatic carbocycles. The van der Waals surface area contributed by atoms with Crippen LogP contribution in [0.2, 0.25) is 0 Å². The minimum Gasteiger partial charge on any atom is -0.325 e. The molecule has 0 fully saturated rings. The third-order valence-corrected chi connectivity index (χ3v) is 2.16. The lowest BCUT2D eigenvalue weighted by molar-refractivity contribution is -0.115. The molecule has 1 amide bonds. The summed E-state index contributed by atoms with van der Waals surface area (Å²) in [5, 5.41) is 5.63. The Morgan fingerprint density at radius 1 is 1.47 bits per heavy atom. The highest BCUT2D eigenvalue weighted by Gasteiger charge is 2.04. The molecule has 1 unspecified atom stereocenters. The molecule has 1 atom stereocenters. The first-order valence-corrected chi connectivity index (χ1v) is 5.34. The Morgan fingerprint density at radius 2 is 2.12 bits per heavy atom. The van der Waals surface area contributed by atoms with Crippen molar-refractivity contribution in [1.82, 2.24) is 5.32 Å². The van der Waals surface area contributed by atoms with Gasteiger partial charge in [0, 0.05) is 18.2 Å². The van der Waals surface area contributed by atoms with E-state index in [1.165, 1.54) is 24.3 Å². The molecule has 0 spiro atoms. The van der Waals surface area contributed by atoms with Gasteiger partial charge in [-0.3, -0.25) is 4.79 Å². The predicted octanol–water partition coefficient (Wildman–Crippen LogP) is 1.77. The summed E-state index contributed by atoms with van der Waals surface area (Å²) in [4.78, 5) is 11.5. The summed E-state index contributed by atoms with van der Waals surface area (Å²) < 4.78 is 12.6. The maximum Gasteiger partial charge on any atom is 0.238 e. The van der Waals surface area contributed by atoms with Gasteiger partial charge in [0.05, 0.1) is 6.54 Å². The van der Waals surface area contributed by atoms with Crippen molar-refractivity contribution < 1.29 is 9.18 Å². The highest BCUT2D eigenvalue weighted by molar-refractivity contribution is 5.92. The van der Waals surface area contributed by atoms with Crippen LogP contribution in [0, 0.1) is 18.2 Å². The Labute approximate surface area is 100 Å². The van der Waals surface area contributed by atoms with Crippen LogP contribution in [0.1, 0.15) is 13.3 Å². The molecule has 1 rings (SSSR count). The fraction of sp³-hybridized carbons (Fsp3) is 0.308. The number of halogens is 1. The monoisotopic (exact) mass is 234 g/mol. The average molecular weight is 234 g/mol. The summed E-state index contributed by atoms with van der Waals surface area (Å²) in [5.74, 6) is 2.00. The number of hydrogen-bond acceptors (Lipinski definition) is 2. The van der Waals surface area contributed by atoms with Gasteiger partial charge in [-0.1, -0.05) is 0 Å². The number of amides is 1. The molecule has 3 nitrogen and oxygen atoms in total. The third-order valence-electron chi connectivity index (χ3n) is 2.16. The van der Waals surface area contributed by atoms with Crippen LogP contribution in [-0.4, -0.2) is 18.5 Å². The molecule has 0 radical (unpaired) electrons. The first kappa shape index (κ1) is 13.2. The second kappa shape index (κ2) is 6.66. The van der Waals surface area contributed by atoms with Gasteiger partial charge >= 0.3 is 0 Å². The molecule has 17 heavy (non-hydrogen) atoms. The van der Waals surface area contributed by atoms with Crippen LogP contribution in [-0.2, 0) is 4.79 Å². The summed E-state index contributed by atoms with van der Waals surface area (Å²) >= 11 is 0. The number of rotatable bonds is 5. The van der Waals surface area contributed by atoms with Crippen LogP contribution in [0.25, 0.3) is 0 Å². The van der Waals surface area contributed by atoms with E-state index in [4.69, 9.17) is 6.42 Å². The van der Waals surface area contributed by atoms with Crippen LogP contribution in [0.5, 0.6) is 0 Å². The number of hydrogen-bond donors (Lipinski definition) is 2. The van der Waals surface area contributed by atoms with Crippen molar-refractivity contribution in [2.45, 2.75) is 19.4 Å². The summed E-state index contributed by atoms with van der Waals surface area (Å²) in [7, 11) is 0. The molecular formula is C13H15FN2O. The van der Waals surface area contributed by atoms with Crippen molar-refractivity contribution >= 4 is 11.6 Å². The maximum absolute atomic E-state index is 12.6. The number of carbonyl (C=O) groups excluding carboxylic acids is 1. The maximum atomic E-state index is 12.6. The second-order valence-electron chi connectivity index (χ2n) is 3.75. The molecular weight excluding hydrogens is 219 g/mol. The smallest absolute Gasteiger partial charge is 0.238 e. The third kappa shape index (κ3) is 5.14. The minimum absolute atomic E-state index is 0.0963. The van der Waals surface area contributed by atoms with E-state index in [2.05, 4.69) is 16.6 Å². The van der Waals surface area contributed by atoms with E-state index in [9.17, 15) is 9.18 Å². The summed E-state index contributed by atoms with van der Waals surface area (Å²) in [6, 6.07) is 5.71. The zero-order valence-electron chi connectivity index (χ0n) is 9.66. The van der Waals surface area contributed by atoms with E-state index >= 15 is 0 Å². The number of nitrogens with one attached hydrogen (secondary N) is 2. The first-order chi connectivity index (χ1) is 8.11. The Bertz CT molecular complexity index is 408. The molecule has 0 aromatic heterocycles. The minimum atomic E-state index is -0.330. The SMILES string of the molecule is C#CCC(C)NCC(=O)Nc1ccc(F)cc1. The fourth-order valence-electron chi connectivity index (χ4n) is 1.25. The van der Waals surface area contributed by atoms with Gasteiger partial charge in [0.25, 0.3) is 0 Å². The summed E-state index contributed by atoms with van der Waals surface area (Å²) in [5.41, 5.74) is 0.572. The van der Waals surface area contributed by atoms with Crippen LogP contribution in [0.15, 0.2) is 24.3 Å². The lowest BCUT2D eigenvalue weighted by Gasteiger charge is -2.10. The van der Waals surface area contributed by atoms with Crippen molar-refractivity contribution in [3.05, 3.63) is 30.1 Å². The lowest BCUT2D eigenvalue weighted by atomic mass is 10.2. The van der Waals surface area contributed by atoms with Gasteiger partial charge in [-0.05, 0) is 31.2 Å². The fourth-order valence-corrected chi connectivity index (χ4v) is 1.25. The Hall–Kier alpha value is -1.86. The second-order valence-corrected chi connectivity index (χ2v) is 3.75. The number of carbonyl (C=O) groups is 1. The van der Waals surface area contributed by atoms with E-state index in [1.807, 2.05) is 6.92 Å². The number of anilines is 1. The molecule has 0 aliphatic rings. The largest absolute Gasteiger partial charge is 0.325 e. The zero-order valence-corrected chi connectivity index (χ0v) is 9.66. The lowest BCUT2D eigenvalue weighted by Crippen LogP contribution is -2.34. The molecule has 0 saturated carbocycles. The van der Waals surface area contributed by atoms with Crippen molar-refractivity contribution in [2.75, 3.05) is 11.9 Å². The van der Waals surface area contributed by atoms with Crippen LogP contribution in [0.4, 0.5) is 10.1 Å². The highest BCUT2D eigenvalue weighted by Crippen LogP contribution is 2.07. The van der Waals surface area contributed by atoms with E-state index in [0.717, 1.165) is 0 Å². The molecule has 4 heteroatoms. The topological polar surface area (TPSA) is 41.1 Å². The van der Waals surface area contributed by atoms with E-state index in [-0.39, 0.29) is 24.3 Å². The normalized spacial score (nSPS) is 11.6. The van der Waals surface area contributed by atoms with Gasteiger partial charge in [-0.2, -0.15) is 0 Å². The van der Waals surface area contributed by atoms with Gasteiger partial charge in [0.1, 0.15) is 5.82 Å². The van der Waals surface area contributed by atoms with Crippen LogP contribution >= 0.6 is 0 Å². The summed E-state index contributed by atoms with van der Waals surface area (Å²) in [6.07, 6.45) is 5.72. The van der Waals surface area contributed by atoms with Gasteiger partial charge < -0.3 is 10.6 Å². The summed E-state index contributed by atoms with van der Waals surface area (Å²) in [6.45, 7) is 2.09. The van der Waals surface area contributed by atoms with Crippen LogP contribution in [0.3, 0.4) is 0 Å². The Balaban J connectivity index is 2.35. The molecule has 0 saturated heterocycles. The first-order valence-electron chi connectivity index (χ1n) is 5.34. The van der Waals surface area contributed by atoms with E-state index in [1.54, 1.807) is 0 Å². The average Bonchev–Trinajstić information content (AvgIpc) is 2.30. The quantitative estimate of drug-likeness (QED) is 0.762. The molecule has 90 valence electrons. The van der Waals surface area contributed by atoms with Gasteiger partial charge in [0.2, 0.25) is 5.91 Å². The van der Waals surface area contributed by atoms with Gasteiger partial charge in [-0.25, -0.2) is 4.39 Å². The Kier molecular flexibility index (Phi) is 5.18. The standard InChI is InChI=1S/C13H15FN2O/c1-3-4-10(2)15-9-13(17)16-12-7-5-11(14)6-8-12/h1,5-8,10,15H,4,9H2,2H3,(H,16,17). The number of terminal acetylenes is 1. The zero-order chi connectivity index (χ0) is 12.7. The molecule has 0 heterocycles. The van der Waals surface area contributed by atoms with Crippen molar-refractivity contribution in [2.24, 2.45) is 0 Å². The van der Waals surface area contributed by atoms with Crippen molar-refractivity contribution in [3.63, 3.8) is 0 Å². The predicted molar refractivity (Wildman–Crippen MR) is 65.9 cm³/mol. The molecule has 0 aliphatic carbocycles. The van der Waals surface area contributed by atoms with Gasteiger partial charge in [0.15, 0.2) is 0 Å². The molecule has 1 aromatic rings. The van der Waals surface area contributed by atoms with Crippen molar-refractivity contribution in [3.8, 4) is 12.3 Å². The molecule has 0 aliphatic heterocycles. The van der Waals surface area contributed by atoms with Crippen molar-refractivity contribution in [1.29, 1.82) is 0 Å². The van der Waals surface area contributed by atoms with E-state index < -0.39 is 0 Å². The van der Waals surface area contributed by atoms with E-state index in [0.29, 0.717) is 12.1 Å². The molecule has 0 bridgehead atoms. The number of benzene rings is 1. The van der Waals surface area contributed by atoms with Gasteiger partial charge in [-0.15, -0.1) is 12.3 Å².